The second-order valence-corrected chi connectivity index (χ2v) is 7.28. The third-order valence-corrected chi connectivity index (χ3v) is 5.56. The lowest BCUT2D eigenvalue weighted by Crippen LogP contribution is -2.25. The molecule has 0 aromatic heterocycles. The van der Waals surface area contributed by atoms with Gasteiger partial charge in [0, 0.05) is 11.1 Å². The molecule has 1 nitrogen and oxygen atoms in total. The van der Waals surface area contributed by atoms with Gasteiger partial charge in [0.05, 0.1) is 0 Å². The van der Waals surface area contributed by atoms with Crippen molar-refractivity contribution in [2.75, 3.05) is 6.54 Å². The van der Waals surface area contributed by atoms with Gasteiger partial charge in [-0.25, -0.2) is 0 Å². The summed E-state index contributed by atoms with van der Waals surface area (Å²) in [5.74, 6) is 2.96. The van der Waals surface area contributed by atoms with Crippen LogP contribution in [0, 0.1) is 24.7 Å². The first-order chi connectivity index (χ1) is 9.65. The molecule has 2 saturated carbocycles. The van der Waals surface area contributed by atoms with Crippen LogP contribution in [0.25, 0.3) is 0 Å². The van der Waals surface area contributed by atoms with Crippen molar-refractivity contribution >= 4 is 11.6 Å². The summed E-state index contributed by atoms with van der Waals surface area (Å²) in [5.41, 5.74) is 2.64. The van der Waals surface area contributed by atoms with Gasteiger partial charge in [-0.1, -0.05) is 31.0 Å². The van der Waals surface area contributed by atoms with Crippen LogP contribution in [0.4, 0.5) is 0 Å². The molecule has 4 atom stereocenters. The van der Waals surface area contributed by atoms with Gasteiger partial charge in [-0.3, -0.25) is 0 Å². The molecule has 2 aliphatic rings. The summed E-state index contributed by atoms with van der Waals surface area (Å²) in [4.78, 5) is 0. The van der Waals surface area contributed by atoms with Crippen molar-refractivity contribution in [3.63, 3.8) is 0 Å². The van der Waals surface area contributed by atoms with Gasteiger partial charge in [-0.15, -0.1) is 0 Å². The maximum atomic E-state index is 6.25. The quantitative estimate of drug-likeness (QED) is 0.793. The average molecular weight is 292 g/mol. The normalized spacial score (nSPS) is 29.9. The van der Waals surface area contributed by atoms with Crippen molar-refractivity contribution in [1.29, 1.82) is 0 Å². The molecule has 2 bridgehead atoms. The maximum absolute atomic E-state index is 6.25. The number of benzene rings is 1. The Morgan fingerprint density at radius 2 is 2.10 bits per heavy atom. The van der Waals surface area contributed by atoms with E-state index in [1.54, 1.807) is 0 Å². The summed E-state index contributed by atoms with van der Waals surface area (Å²) in [6.45, 7) is 5.36. The SMILES string of the molecule is CCNC(CC1CC2CCC1C2)c1cc(C)cc(Cl)c1. The van der Waals surface area contributed by atoms with E-state index >= 15 is 0 Å². The summed E-state index contributed by atoms with van der Waals surface area (Å²) < 4.78 is 0. The smallest absolute Gasteiger partial charge is 0.0411 e. The summed E-state index contributed by atoms with van der Waals surface area (Å²) in [6, 6.07) is 6.97. The number of halogens is 1. The first kappa shape index (κ1) is 14.4. The van der Waals surface area contributed by atoms with Crippen molar-refractivity contribution in [3.8, 4) is 0 Å². The molecule has 1 aromatic rings. The Morgan fingerprint density at radius 1 is 1.25 bits per heavy atom. The van der Waals surface area contributed by atoms with E-state index in [1.165, 1.54) is 43.2 Å². The van der Waals surface area contributed by atoms with Gasteiger partial charge in [0.2, 0.25) is 0 Å². The van der Waals surface area contributed by atoms with Gasteiger partial charge < -0.3 is 5.32 Å². The van der Waals surface area contributed by atoms with Crippen molar-refractivity contribution in [1.82, 2.24) is 5.32 Å². The topological polar surface area (TPSA) is 12.0 Å². The van der Waals surface area contributed by atoms with E-state index < -0.39 is 0 Å². The molecule has 3 rings (SSSR count). The molecule has 1 aromatic carbocycles. The number of hydrogen-bond acceptors (Lipinski definition) is 1. The van der Waals surface area contributed by atoms with E-state index in [2.05, 4.69) is 31.3 Å². The third kappa shape index (κ3) is 3.04. The fourth-order valence-electron chi connectivity index (χ4n) is 4.52. The molecular weight excluding hydrogens is 266 g/mol. The molecule has 0 aliphatic heterocycles. The predicted octanol–water partition coefficient (Wildman–Crippen LogP) is 5.13. The zero-order valence-electron chi connectivity index (χ0n) is 12.7. The molecule has 2 heteroatoms. The van der Waals surface area contributed by atoms with E-state index in [1.807, 2.05) is 6.07 Å². The zero-order valence-corrected chi connectivity index (χ0v) is 13.4. The molecule has 2 fully saturated rings. The molecular formula is C18H26ClN. The molecule has 20 heavy (non-hydrogen) atoms. The fourth-order valence-corrected chi connectivity index (χ4v) is 4.82. The minimum Gasteiger partial charge on any atom is -0.310 e. The van der Waals surface area contributed by atoms with Gasteiger partial charge in [-0.2, -0.15) is 0 Å². The molecule has 4 unspecified atom stereocenters. The monoisotopic (exact) mass is 291 g/mol. The predicted molar refractivity (Wildman–Crippen MR) is 86.2 cm³/mol. The maximum Gasteiger partial charge on any atom is 0.0411 e. The number of nitrogens with one attached hydrogen (secondary N) is 1. The summed E-state index contributed by atoms with van der Waals surface area (Å²) in [7, 11) is 0. The highest BCUT2D eigenvalue weighted by Gasteiger charge is 2.40. The highest BCUT2D eigenvalue weighted by atomic mass is 35.5. The second kappa shape index (κ2) is 6.07. The molecule has 2 aliphatic carbocycles. The van der Waals surface area contributed by atoms with Crippen molar-refractivity contribution in [3.05, 3.63) is 34.3 Å². The number of rotatable bonds is 5. The van der Waals surface area contributed by atoms with Crippen LogP contribution < -0.4 is 5.32 Å². The van der Waals surface area contributed by atoms with E-state index in [9.17, 15) is 0 Å². The third-order valence-electron chi connectivity index (χ3n) is 5.34. The highest BCUT2D eigenvalue weighted by Crippen LogP contribution is 2.51. The molecule has 110 valence electrons. The van der Waals surface area contributed by atoms with Gasteiger partial charge in [0.15, 0.2) is 0 Å². The van der Waals surface area contributed by atoms with Crippen LogP contribution in [0.5, 0.6) is 0 Å². The molecule has 0 saturated heterocycles. The highest BCUT2D eigenvalue weighted by molar-refractivity contribution is 6.30. The van der Waals surface area contributed by atoms with Crippen LogP contribution in [0.15, 0.2) is 18.2 Å². The van der Waals surface area contributed by atoms with Crippen molar-refractivity contribution < 1.29 is 0 Å². The van der Waals surface area contributed by atoms with Gasteiger partial charge in [0.1, 0.15) is 0 Å². The number of aryl methyl sites for hydroxylation is 1. The molecule has 0 spiro atoms. The Kier molecular flexibility index (Phi) is 4.37. The Labute approximate surface area is 128 Å². The number of fused-ring (bicyclic) bond motifs is 2. The number of hydrogen-bond donors (Lipinski definition) is 1. The van der Waals surface area contributed by atoms with Crippen molar-refractivity contribution in [2.24, 2.45) is 17.8 Å². The molecule has 0 radical (unpaired) electrons. The minimum absolute atomic E-state index is 0.474. The Balaban J connectivity index is 1.74. The Hall–Kier alpha value is -0.530. The lowest BCUT2D eigenvalue weighted by atomic mass is 9.82. The summed E-state index contributed by atoms with van der Waals surface area (Å²) >= 11 is 6.25. The minimum atomic E-state index is 0.474. The first-order valence-corrected chi connectivity index (χ1v) is 8.54. The van der Waals surface area contributed by atoms with Crippen LogP contribution >= 0.6 is 11.6 Å². The van der Waals surface area contributed by atoms with Crippen LogP contribution in [0.3, 0.4) is 0 Å². The van der Waals surface area contributed by atoms with Gasteiger partial charge in [0.25, 0.3) is 0 Å². The van der Waals surface area contributed by atoms with E-state index in [4.69, 9.17) is 11.6 Å². The van der Waals surface area contributed by atoms with Crippen molar-refractivity contribution in [2.45, 2.75) is 52.0 Å². The lowest BCUT2D eigenvalue weighted by Gasteiger charge is -2.28. The average Bonchev–Trinajstić information content (AvgIpc) is 2.99. The van der Waals surface area contributed by atoms with Crippen LogP contribution in [0.1, 0.15) is 56.2 Å². The Morgan fingerprint density at radius 3 is 2.70 bits per heavy atom. The molecule has 1 N–H and O–H groups in total. The second-order valence-electron chi connectivity index (χ2n) is 6.84. The van der Waals surface area contributed by atoms with Gasteiger partial charge >= 0.3 is 0 Å². The fraction of sp³-hybridized carbons (Fsp3) is 0.667. The standard InChI is InChI=1S/C18H26ClN/c1-3-20-18(16-6-12(2)7-17(19)10-16)11-15-9-13-4-5-14(15)8-13/h6-7,10,13-15,18,20H,3-5,8-9,11H2,1-2H3. The lowest BCUT2D eigenvalue weighted by molar-refractivity contribution is 0.280. The summed E-state index contributed by atoms with van der Waals surface area (Å²) in [5, 5.41) is 4.55. The first-order valence-electron chi connectivity index (χ1n) is 8.16. The van der Waals surface area contributed by atoms with E-state index in [0.717, 1.165) is 29.3 Å². The van der Waals surface area contributed by atoms with Crippen LogP contribution in [-0.2, 0) is 0 Å². The van der Waals surface area contributed by atoms with E-state index in [0.29, 0.717) is 6.04 Å². The molecule has 0 amide bonds. The van der Waals surface area contributed by atoms with Crippen LogP contribution in [-0.4, -0.2) is 6.54 Å². The largest absolute Gasteiger partial charge is 0.310 e. The zero-order chi connectivity index (χ0) is 14.1. The summed E-state index contributed by atoms with van der Waals surface area (Å²) in [6.07, 6.45) is 7.21. The van der Waals surface area contributed by atoms with Crippen LogP contribution in [0.2, 0.25) is 5.02 Å². The van der Waals surface area contributed by atoms with Gasteiger partial charge in [-0.05, 0) is 80.2 Å². The molecule has 0 heterocycles. The van der Waals surface area contributed by atoms with E-state index in [-0.39, 0.29) is 0 Å². The Bertz CT molecular complexity index is 450.